The second-order valence-electron chi connectivity index (χ2n) is 16.7. The summed E-state index contributed by atoms with van der Waals surface area (Å²) in [5.74, 6) is -1.54. The second kappa shape index (κ2) is 16.5. The van der Waals surface area contributed by atoms with Gasteiger partial charge in [0.1, 0.15) is 29.5 Å². The zero-order valence-corrected chi connectivity index (χ0v) is 33.8. The van der Waals surface area contributed by atoms with Crippen molar-refractivity contribution in [2.24, 2.45) is 11.8 Å². The lowest BCUT2D eigenvalue weighted by Crippen LogP contribution is -2.63. The molecule has 0 spiro atoms. The number of hydrogen-bond donors (Lipinski definition) is 3. The molecular weight excluding hydrogens is 765 g/mol. The molecule has 5 heterocycles. The van der Waals surface area contributed by atoms with E-state index in [1.165, 1.54) is 11.0 Å². The molecule has 15 nitrogen and oxygen atoms in total. The number of aromatic nitrogens is 1. The third kappa shape index (κ3) is 8.40. The van der Waals surface area contributed by atoms with Gasteiger partial charge in [0.05, 0.1) is 43.6 Å². The summed E-state index contributed by atoms with van der Waals surface area (Å²) in [6.45, 7) is 5.27. The number of ether oxygens (including phenoxy) is 3. The highest BCUT2D eigenvalue weighted by atomic mass is 32.2. The molecule has 2 aromatic rings. The van der Waals surface area contributed by atoms with E-state index < -0.39 is 62.6 Å². The minimum atomic E-state index is -3.90. The highest BCUT2D eigenvalue weighted by molar-refractivity contribution is 7.91. The highest BCUT2D eigenvalue weighted by Gasteiger charge is 2.62. The monoisotopic (exact) mass is 818 g/mol. The number of fused-ring (bicyclic) bond motifs is 9. The molecule has 58 heavy (non-hydrogen) atoms. The Morgan fingerprint density at radius 2 is 1.83 bits per heavy atom. The van der Waals surface area contributed by atoms with Crippen LogP contribution in [0.2, 0.25) is 0 Å². The summed E-state index contributed by atoms with van der Waals surface area (Å²) in [4.78, 5) is 64.9. The van der Waals surface area contributed by atoms with Gasteiger partial charge in [-0.1, -0.05) is 37.5 Å². The van der Waals surface area contributed by atoms with Gasteiger partial charge in [0.2, 0.25) is 27.7 Å². The lowest BCUT2D eigenvalue weighted by atomic mass is 9.83. The van der Waals surface area contributed by atoms with Gasteiger partial charge in [-0.2, -0.15) is 0 Å². The van der Waals surface area contributed by atoms with Crippen molar-refractivity contribution in [3.63, 3.8) is 0 Å². The Morgan fingerprint density at radius 3 is 2.55 bits per heavy atom. The van der Waals surface area contributed by atoms with E-state index in [0.29, 0.717) is 49.7 Å². The van der Waals surface area contributed by atoms with Crippen molar-refractivity contribution in [1.29, 1.82) is 0 Å². The van der Waals surface area contributed by atoms with Gasteiger partial charge in [-0.3, -0.25) is 19.1 Å². The lowest BCUT2D eigenvalue weighted by molar-refractivity contribution is -0.142. The molecule has 7 aliphatic rings. The van der Waals surface area contributed by atoms with Crippen LogP contribution in [0.1, 0.15) is 82.6 Å². The van der Waals surface area contributed by atoms with E-state index in [1.54, 1.807) is 12.0 Å². The standard InChI is InChI=1S/C42H54N6O9S/c1-3-29-22-42(29,40(51)46-58(53,54)33-16-17-33)45-37(49)35-21-31-25-48(35)39(50)36(26-11-8-6-9-12-26)44-41(52)47-23-32(24-47)56-18-10-5-4-7-13-28-19-27-14-15-30(55-2)20-34(27)43-38(28)57-31/h3,7,13-15,19-20,26,29,31-33,35-36H,1,4-6,8-12,16-18,21-25H2,2H3,(H,44,52)(H,45,49)(H,46,51)/t29-,31-,35+,36+,42-/m1/s1. The van der Waals surface area contributed by atoms with Crippen molar-refractivity contribution < 1.29 is 41.8 Å². The largest absolute Gasteiger partial charge is 0.497 e. The molecule has 5 atom stereocenters. The number of allylic oxidation sites excluding steroid dienone is 1. The second-order valence-corrected chi connectivity index (χ2v) is 18.7. The molecule has 0 unspecified atom stereocenters. The number of sulfonamides is 1. The van der Waals surface area contributed by atoms with Crippen LogP contribution in [0.5, 0.6) is 11.6 Å². The number of urea groups is 1. The van der Waals surface area contributed by atoms with Crippen LogP contribution < -0.4 is 24.8 Å². The normalized spacial score (nSPS) is 29.6. The fraction of sp³-hybridized carbons (Fsp3) is 0.595. The summed E-state index contributed by atoms with van der Waals surface area (Å²) in [5, 5.41) is 6.18. The number of nitrogens with zero attached hydrogens (tertiary/aromatic N) is 3. The van der Waals surface area contributed by atoms with Crippen LogP contribution in [0.15, 0.2) is 43.0 Å². The zero-order chi connectivity index (χ0) is 40.6. The van der Waals surface area contributed by atoms with Crippen LogP contribution in [-0.4, -0.2) is 115 Å². The molecule has 3 saturated carbocycles. The maximum atomic E-state index is 15.0. The molecule has 4 bridgehead atoms. The number of nitrogens with one attached hydrogen (secondary N) is 3. The SMILES string of the molecule is C=C[C@@H]1C[C@]1(NC(=O)[C@@H]1C[C@@H]2CN1C(=O)[C@H](C1CCCCC1)NC(=O)N1CC(C1)OCCCCC=Cc1cc3ccc(OC)cc3nc1O2)C(=O)NS(=O)(=O)C1CC1. The van der Waals surface area contributed by atoms with Crippen molar-refractivity contribution in [2.45, 2.75) is 112 Å². The van der Waals surface area contributed by atoms with Gasteiger partial charge in [0.25, 0.3) is 5.91 Å². The summed E-state index contributed by atoms with van der Waals surface area (Å²) in [5.41, 5.74) is -0.164. The predicted molar refractivity (Wildman–Crippen MR) is 215 cm³/mol. The first-order valence-corrected chi connectivity index (χ1v) is 22.3. The van der Waals surface area contributed by atoms with Gasteiger partial charge in [0, 0.05) is 36.0 Å². The van der Waals surface area contributed by atoms with Gasteiger partial charge in [0.15, 0.2) is 0 Å². The Labute approximate surface area is 339 Å². The van der Waals surface area contributed by atoms with E-state index in [-0.39, 0.29) is 37.4 Å². The highest BCUT2D eigenvalue weighted by Crippen LogP contribution is 2.46. The number of carbonyl (C=O) groups excluding carboxylic acids is 4. The van der Waals surface area contributed by atoms with Crippen molar-refractivity contribution in [2.75, 3.05) is 33.4 Å². The van der Waals surface area contributed by atoms with Gasteiger partial charge in [-0.05, 0) is 75.5 Å². The molecule has 16 heteroatoms. The smallest absolute Gasteiger partial charge is 0.318 e. The van der Waals surface area contributed by atoms with Crippen molar-refractivity contribution >= 4 is 50.8 Å². The molecule has 5 fully saturated rings. The average molecular weight is 819 g/mol. The Bertz CT molecular complexity index is 2080. The Balaban J connectivity index is 1.13. The quantitative estimate of drug-likeness (QED) is 0.331. The molecule has 312 valence electrons. The van der Waals surface area contributed by atoms with E-state index in [1.807, 2.05) is 30.3 Å². The molecular formula is C42H54N6O9S. The first-order valence-electron chi connectivity index (χ1n) is 20.8. The fourth-order valence-corrected chi connectivity index (χ4v) is 10.2. The van der Waals surface area contributed by atoms with Gasteiger partial charge >= 0.3 is 6.03 Å². The summed E-state index contributed by atoms with van der Waals surface area (Å²) < 4.78 is 46.0. The molecule has 1 aromatic carbocycles. The number of carbonyl (C=O) groups is 4. The summed E-state index contributed by atoms with van der Waals surface area (Å²) in [7, 11) is -2.32. The number of methoxy groups -OCH3 is 1. The van der Waals surface area contributed by atoms with Gasteiger partial charge in [-0.25, -0.2) is 18.2 Å². The van der Waals surface area contributed by atoms with Crippen LogP contribution in [-0.2, 0) is 29.1 Å². The number of benzene rings is 1. The predicted octanol–water partition coefficient (Wildman–Crippen LogP) is 3.82. The maximum Gasteiger partial charge on any atom is 0.318 e. The summed E-state index contributed by atoms with van der Waals surface area (Å²) in [6.07, 6.45) is 12.9. The zero-order valence-electron chi connectivity index (χ0n) is 33.0. The third-order valence-electron chi connectivity index (χ3n) is 12.6. The average Bonchev–Trinajstić information content (AvgIpc) is 4.13. The molecule has 1 aromatic heterocycles. The Kier molecular flexibility index (Phi) is 11.4. The van der Waals surface area contributed by atoms with Gasteiger partial charge < -0.3 is 34.6 Å². The van der Waals surface area contributed by atoms with Crippen molar-refractivity contribution in [1.82, 2.24) is 30.1 Å². The van der Waals surface area contributed by atoms with Crippen LogP contribution in [0.3, 0.4) is 0 Å². The Morgan fingerprint density at radius 1 is 1.03 bits per heavy atom. The number of rotatable bonds is 8. The van der Waals surface area contributed by atoms with E-state index in [0.717, 1.165) is 62.3 Å². The molecule has 9 rings (SSSR count). The van der Waals surface area contributed by atoms with E-state index in [2.05, 4.69) is 28.0 Å². The molecule has 4 aliphatic heterocycles. The van der Waals surface area contributed by atoms with Crippen LogP contribution in [0.25, 0.3) is 17.0 Å². The van der Waals surface area contributed by atoms with Gasteiger partial charge in [-0.15, -0.1) is 6.58 Å². The maximum absolute atomic E-state index is 15.0. The lowest BCUT2D eigenvalue weighted by Gasteiger charge is -2.41. The number of pyridine rings is 1. The summed E-state index contributed by atoms with van der Waals surface area (Å²) >= 11 is 0. The fourth-order valence-electron chi connectivity index (χ4n) is 8.82. The number of hydrogen-bond acceptors (Lipinski definition) is 10. The van der Waals surface area contributed by atoms with Crippen molar-refractivity contribution in [3.05, 3.63) is 48.6 Å². The molecule has 3 N–H and O–H groups in total. The summed E-state index contributed by atoms with van der Waals surface area (Å²) in [6, 6.07) is 5.24. The number of amides is 5. The minimum absolute atomic E-state index is 0.0107. The van der Waals surface area contributed by atoms with Crippen molar-refractivity contribution in [3.8, 4) is 11.6 Å². The molecule has 2 saturated heterocycles. The van der Waals surface area contributed by atoms with Crippen LogP contribution in [0, 0.1) is 11.8 Å². The topological polar surface area (TPSA) is 186 Å². The van der Waals surface area contributed by atoms with Crippen LogP contribution in [0.4, 0.5) is 4.79 Å². The molecule has 3 aliphatic carbocycles. The van der Waals surface area contributed by atoms with E-state index in [4.69, 9.17) is 19.2 Å². The Hall–Kier alpha value is -4.70. The molecule has 0 radical (unpaired) electrons. The van der Waals surface area contributed by atoms with E-state index in [9.17, 15) is 27.6 Å². The first kappa shape index (κ1) is 40.1. The van der Waals surface area contributed by atoms with Crippen LogP contribution >= 0.6 is 0 Å². The third-order valence-corrected chi connectivity index (χ3v) is 14.4. The first-order chi connectivity index (χ1) is 28.0. The van der Waals surface area contributed by atoms with E-state index >= 15 is 0 Å². The molecule has 5 amide bonds. The minimum Gasteiger partial charge on any atom is -0.497 e.